The van der Waals surface area contributed by atoms with Gasteiger partial charge in [-0.1, -0.05) is 6.42 Å². The number of hydrogen-bond donors (Lipinski definition) is 1. The van der Waals surface area contributed by atoms with Crippen LogP contribution in [-0.4, -0.2) is 47.2 Å². The third-order valence-electron chi connectivity index (χ3n) is 4.30. The van der Waals surface area contributed by atoms with Gasteiger partial charge in [-0.25, -0.2) is 9.97 Å². The van der Waals surface area contributed by atoms with E-state index in [1.807, 2.05) is 13.1 Å². The number of aryl methyl sites for hydroxylation is 1. The first kappa shape index (κ1) is 14.7. The second kappa shape index (κ2) is 7.18. The van der Waals surface area contributed by atoms with Crippen molar-refractivity contribution in [1.29, 1.82) is 0 Å². The van der Waals surface area contributed by atoms with Gasteiger partial charge in [-0.15, -0.1) is 0 Å². The Balaban J connectivity index is 1.43. The van der Waals surface area contributed by atoms with Gasteiger partial charge in [-0.3, -0.25) is 4.90 Å². The highest BCUT2D eigenvalue weighted by Crippen LogP contribution is 2.19. The molecule has 2 aliphatic rings. The molecule has 1 aromatic heterocycles. The minimum absolute atomic E-state index is 0.514. The number of aromatic nitrogens is 2. The number of nitrogens with one attached hydrogen (secondary N) is 1. The lowest BCUT2D eigenvalue weighted by Crippen LogP contribution is -2.33. The number of likely N-dealkylation sites (tertiary alicyclic amines) is 1. The molecule has 21 heavy (non-hydrogen) atoms. The molecule has 0 spiro atoms. The normalized spacial score (nSPS) is 19.7. The minimum Gasteiger partial charge on any atom is -0.462 e. The molecule has 0 bridgehead atoms. The highest BCUT2D eigenvalue weighted by atomic mass is 16.5. The maximum absolute atomic E-state index is 5.70. The van der Waals surface area contributed by atoms with E-state index in [-0.39, 0.29) is 0 Å². The van der Waals surface area contributed by atoms with E-state index < -0.39 is 0 Å². The van der Waals surface area contributed by atoms with Gasteiger partial charge in [0.1, 0.15) is 6.61 Å². The smallest absolute Gasteiger partial charge is 0.316 e. The summed E-state index contributed by atoms with van der Waals surface area (Å²) in [5, 5.41) is 3.49. The third-order valence-corrected chi connectivity index (χ3v) is 4.30. The van der Waals surface area contributed by atoms with Crippen molar-refractivity contribution in [2.24, 2.45) is 0 Å². The first-order valence-electron chi connectivity index (χ1n) is 8.22. The minimum atomic E-state index is 0.514. The van der Waals surface area contributed by atoms with Gasteiger partial charge in [0, 0.05) is 36.6 Å². The zero-order chi connectivity index (χ0) is 14.5. The predicted octanol–water partition coefficient (Wildman–Crippen LogP) is 1.90. The van der Waals surface area contributed by atoms with Crippen molar-refractivity contribution in [3.8, 4) is 6.01 Å². The van der Waals surface area contributed by atoms with Crippen LogP contribution < -0.4 is 10.1 Å². The molecule has 1 N–H and O–H groups in total. The Morgan fingerprint density at radius 3 is 2.81 bits per heavy atom. The van der Waals surface area contributed by atoms with Crippen LogP contribution in [0.5, 0.6) is 6.01 Å². The summed E-state index contributed by atoms with van der Waals surface area (Å²) < 4.78 is 5.70. The van der Waals surface area contributed by atoms with Gasteiger partial charge < -0.3 is 10.1 Å². The summed E-state index contributed by atoms with van der Waals surface area (Å²) in [4.78, 5) is 11.3. The molecule has 1 saturated carbocycles. The van der Waals surface area contributed by atoms with Crippen LogP contribution >= 0.6 is 0 Å². The fourth-order valence-corrected chi connectivity index (χ4v) is 2.70. The van der Waals surface area contributed by atoms with Crippen molar-refractivity contribution in [1.82, 2.24) is 20.2 Å². The van der Waals surface area contributed by atoms with E-state index in [1.54, 1.807) is 0 Å². The molecule has 3 rings (SSSR count). The van der Waals surface area contributed by atoms with Crippen molar-refractivity contribution >= 4 is 0 Å². The van der Waals surface area contributed by atoms with Gasteiger partial charge in [0.25, 0.3) is 0 Å². The lowest BCUT2D eigenvalue weighted by atomic mass is 10.1. The number of nitrogens with zero attached hydrogens (tertiary/aromatic N) is 3. The predicted molar refractivity (Wildman–Crippen MR) is 82.4 cm³/mol. The molecule has 0 atom stereocenters. The zero-order valence-corrected chi connectivity index (χ0v) is 13.0. The number of rotatable bonds is 7. The number of hydrogen-bond acceptors (Lipinski definition) is 5. The third kappa shape index (κ3) is 4.64. The van der Waals surface area contributed by atoms with Crippen molar-refractivity contribution < 1.29 is 4.74 Å². The fourth-order valence-electron chi connectivity index (χ4n) is 2.70. The molecule has 5 nitrogen and oxygen atoms in total. The summed E-state index contributed by atoms with van der Waals surface area (Å²) in [6, 6.07) is 1.23. The second-order valence-corrected chi connectivity index (χ2v) is 6.17. The van der Waals surface area contributed by atoms with Crippen molar-refractivity contribution in [2.45, 2.75) is 51.6 Å². The largest absolute Gasteiger partial charge is 0.462 e. The quantitative estimate of drug-likeness (QED) is 0.831. The molecule has 1 saturated heterocycles. The molecular formula is C16H26N4O. The summed E-state index contributed by atoms with van der Waals surface area (Å²) in [6.45, 7) is 6.96. The van der Waals surface area contributed by atoms with Gasteiger partial charge >= 0.3 is 6.01 Å². The monoisotopic (exact) mass is 290 g/mol. The molecule has 2 fully saturated rings. The van der Waals surface area contributed by atoms with Gasteiger partial charge in [0.2, 0.25) is 0 Å². The fraction of sp³-hybridized carbons (Fsp3) is 0.750. The van der Waals surface area contributed by atoms with Crippen molar-refractivity contribution in [2.75, 3.05) is 26.2 Å². The Labute approximate surface area is 127 Å². The van der Waals surface area contributed by atoms with E-state index in [0.29, 0.717) is 18.7 Å². The molecule has 1 aromatic rings. The van der Waals surface area contributed by atoms with E-state index in [4.69, 9.17) is 4.74 Å². The first-order valence-corrected chi connectivity index (χ1v) is 8.22. The van der Waals surface area contributed by atoms with Crippen molar-refractivity contribution in [3.63, 3.8) is 0 Å². The van der Waals surface area contributed by atoms with E-state index in [2.05, 4.69) is 20.2 Å². The number of ether oxygens (including phenoxy) is 1. The Hall–Kier alpha value is -1.20. The van der Waals surface area contributed by atoms with Gasteiger partial charge in [0.05, 0.1) is 0 Å². The molecule has 0 aromatic carbocycles. The molecule has 2 heterocycles. The number of piperidine rings is 1. The molecule has 0 amide bonds. The first-order chi connectivity index (χ1) is 10.3. The van der Waals surface area contributed by atoms with Crippen LogP contribution in [0.4, 0.5) is 0 Å². The standard InChI is InChI=1S/C16H26N4O/c1-13-14(11-17-15-5-6-15)12-18-16(19-13)21-10-9-20-7-3-2-4-8-20/h12,15,17H,2-11H2,1H3. The van der Waals surface area contributed by atoms with Crippen LogP contribution in [0.2, 0.25) is 0 Å². The molecular weight excluding hydrogens is 264 g/mol. The molecule has 0 radical (unpaired) electrons. The summed E-state index contributed by atoms with van der Waals surface area (Å²) in [5.74, 6) is 0. The molecule has 0 unspecified atom stereocenters. The molecule has 1 aliphatic carbocycles. The lowest BCUT2D eigenvalue weighted by Gasteiger charge is -2.25. The summed E-state index contributed by atoms with van der Waals surface area (Å²) in [5.41, 5.74) is 2.19. The maximum atomic E-state index is 5.70. The average molecular weight is 290 g/mol. The second-order valence-electron chi connectivity index (χ2n) is 6.17. The van der Waals surface area contributed by atoms with Gasteiger partial charge in [-0.2, -0.15) is 0 Å². The topological polar surface area (TPSA) is 50.3 Å². The van der Waals surface area contributed by atoms with Gasteiger partial charge in [-0.05, 0) is 45.7 Å². The zero-order valence-electron chi connectivity index (χ0n) is 13.0. The Morgan fingerprint density at radius 2 is 2.10 bits per heavy atom. The summed E-state index contributed by atoms with van der Waals surface area (Å²) in [6.07, 6.45) is 8.51. The Kier molecular flexibility index (Phi) is 5.04. The highest BCUT2D eigenvalue weighted by molar-refractivity contribution is 5.18. The summed E-state index contributed by atoms with van der Waals surface area (Å²) in [7, 11) is 0. The van der Waals surface area contributed by atoms with Crippen LogP contribution in [0.15, 0.2) is 6.20 Å². The molecule has 5 heteroatoms. The van der Waals surface area contributed by atoms with Crippen LogP contribution in [0, 0.1) is 6.92 Å². The summed E-state index contributed by atoms with van der Waals surface area (Å²) >= 11 is 0. The highest BCUT2D eigenvalue weighted by Gasteiger charge is 2.20. The van der Waals surface area contributed by atoms with Crippen LogP contribution in [-0.2, 0) is 6.54 Å². The van der Waals surface area contributed by atoms with E-state index in [1.165, 1.54) is 50.8 Å². The molecule has 116 valence electrons. The molecule has 1 aliphatic heterocycles. The van der Waals surface area contributed by atoms with E-state index >= 15 is 0 Å². The van der Waals surface area contributed by atoms with Crippen LogP contribution in [0.1, 0.15) is 43.4 Å². The maximum Gasteiger partial charge on any atom is 0.316 e. The van der Waals surface area contributed by atoms with Crippen molar-refractivity contribution in [3.05, 3.63) is 17.5 Å². The van der Waals surface area contributed by atoms with E-state index in [9.17, 15) is 0 Å². The van der Waals surface area contributed by atoms with Crippen LogP contribution in [0.3, 0.4) is 0 Å². The van der Waals surface area contributed by atoms with Crippen LogP contribution in [0.25, 0.3) is 0 Å². The Bertz CT molecular complexity index is 456. The average Bonchev–Trinajstić information content (AvgIpc) is 3.32. The Morgan fingerprint density at radius 1 is 1.29 bits per heavy atom. The SMILES string of the molecule is Cc1nc(OCCN2CCCCC2)ncc1CNC1CC1. The van der Waals surface area contributed by atoms with E-state index in [0.717, 1.165) is 18.8 Å². The lowest BCUT2D eigenvalue weighted by molar-refractivity contribution is 0.177. The van der Waals surface area contributed by atoms with Gasteiger partial charge in [0.15, 0.2) is 0 Å².